The van der Waals surface area contributed by atoms with Crippen molar-refractivity contribution in [2.75, 3.05) is 0 Å². The van der Waals surface area contributed by atoms with Crippen molar-refractivity contribution in [2.24, 2.45) is 0 Å². The minimum Gasteiger partial charge on any atom is -0.501 e. The Morgan fingerprint density at radius 2 is 1.38 bits per heavy atom. The third-order valence-corrected chi connectivity index (χ3v) is 7.85. The second kappa shape index (κ2) is 13.4. The van der Waals surface area contributed by atoms with Gasteiger partial charge in [0.25, 0.3) is 0 Å². The molecule has 0 saturated heterocycles. The molecule has 0 aliphatic carbocycles. The van der Waals surface area contributed by atoms with E-state index in [9.17, 15) is 0 Å². The zero-order valence-electron chi connectivity index (χ0n) is 25.0. The first-order valence-corrected chi connectivity index (χ1v) is 15.0. The van der Waals surface area contributed by atoms with Crippen LogP contribution in [0.5, 0.6) is 0 Å². The van der Waals surface area contributed by atoms with Crippen molar-refractivity contribution in [1.29, 1.82) is 0 Å². The summed E-state index contributed by atoms with van der Waals surface area (Å²) in [6, 6.07) is 55.0. The number of aromatic nitrogens is 4. The van der Waals surface area contributed by atoms with Gasteiger partial charge >= 0.3 is 0 Å². The third-order valence-electron chi connectivity index (χ3n) is 7.85. The van der Waals surface area contributed by atoms with Gasteiger partial charge in [0.15, 0.2) is 5.65 Å². The van der Waals surface area contributed by atoms with Crippen LogP contribution in [0, 0.1) is 12.1 Å². The van der Waals surface area contributed by atoms with Crippen molar-refractivity contribution in [3.8, 4) is 39.5 Å². The summed E-state index contributed by atoms with van der Waals surface area (Å²) in [5.41, 5.74) is 9.24. The normalized spacial score (nSPS) is 10.8. The first kappa shape index (κ1) is 30.0. The molecule has 9 aromatic rings. The van der Waals surface area contributed by atoms with E-state index >= 15 is 0 Å². The van der Waals surface area contributed by atoms with Gasteiger partial charge in [-0.25, -0.2) is 4.98 Å². The molecule has 0 aliphatic heterocycles. The molecule has 9 rings (SSSR count). The van der Waals surface area contributed by atoms with Gasteiger partial charge in [-0.3, -0.25) is 4.98 Å². The number of para-hydroxylation sites is 2. The van der Waals surface area contributed by atoms with Crippen LogP contribution in [0.4, 0.5) is 0 Å². The molecule has 0 unspecified atom stereocenters. The molecular formula is C41H26IrN4O-2. The van der Waals surface area contributed by atoms with E-state index in [1.165, 1.54) is 0 Å². The predicted octanol–water partition coefficient (Wildman–Crippen LogP) is 10.0. The van der Waals surface area contributed by atoms with Gasteiger partial charge in [-0.15, -0.1) is 54.1 Å². The largest absolute Gasteiger partial charge is 0.501 e. The maximum atomic E-state index is 6.31. The van der Waals surface area contributed by atoms with E-state index in [0.29, 0.717) is 5.65 Å². The summed E-state index contributed by atoms with van der Waals surface area (Å²) >= 11 is 0. The minimum absolute atomic E-state index is 0. The molecule has 47 heavy (non-hydrogen) atoms. The maximum Gasteiger partial charge on any atom is 0.168 e. The summed E-state index contributed by atoms with van der Waals surface area (Å²) in [5, 5.41) is 2.13. The van der Waals surface area contributed by atoms with E-state index in [0.717, 1.165) is 66.9 Å². The monoisotopic (exact) mass is 783 g/mol. The van der Waals surface area contributed by atoms with Crippen LogP contribution < -0.4 is 0 Å². The fourth-order valence-electron chi connectivity index (χ4n) is 5.69. The Bertz CT molecular complexity index is 2370. The number of imidazole rings is 1. The van der Waals surface area contributed by atoms with Gasteiger partial charge in [0.2, 0.25) is 0 Å². The first-order valence-electron chi connectivity index (χ1n) is 15.0. The number of hydrogen-bond donors (Lipinski definition) is 0. The zero-order valence-corrected chi connectivity index (χ0v) is 27.4. The van der Waals surface area contributed by atoms with Crippen LogP contribution in [0.15, 0.2) is 162 Å². The Kier molecular flexibility index (Phi) is 8.52. The van der Waals surface area contributed by atoms with Crippen LogP contribution >= 0.6 is 0 Å². The van der Waals surface area contributed by atoms with E-state index < -0.39 is 0 Å². The molecule has 0 N–H and O–H groups in total. The van der Waals surface area contributed by atoms with Gasteiger partial charge in [0.1, 0.15) is 5.58 Å². The van der Waals surface area contributed by atoms with Crippen molar-refractivity contribution in [3.05, 3.63) is 170 Å². The average Bonchev–Trinajstić information content (AvgIpc) is 3.72. The second-order valence-electron chi connectivity index (χ2n) is 10.7. The molecular weight excluding hydrogens is 757 g/mol. The summed E-state index contributed by atoms with van der Waals surface area (Å²) in [4.78, 5) is 13.9. The first-order chi connectivity index (χ1) is 22.8. The van der Waals surface area contributed by atoms with Gasteiger partial charge in [0.05, 0.1) is 16.9 Å². The minimum atomic E-state index is 0. The number of hydrogen-bond acceptors (Lipinski definition) is 4. The van der Waals surface area contributed by atoms with Crippen LogP contribution in [0.25, 0.3) is 72.6 Å². The van der Waals surface area contributed by atoms with E-state index in [-0.39, 0.29) is 20.1 Å². The molecule has 227 valence electrons. The van der Waals surface area contributed by atoms with E-state index in [1.807, 2.05) is 115 Å². The zero-order chi connectivity index (χ0) is 30.7. The van der Waals surface area contributed by atoms with Gasteiger partial charge in [-0.05, 0) is 41.6 Å². The van der Waals surface area contributed by atoms with Crippen molar-refractivity contribution in [3.63, 3.8) is 0 Å². The molecule has 5 nitrogen and oxygen atoms in total. The molecule has 0 atom stereocenters. The Labute approximate surface area is 285 Å². The van der Waals surface area contributed by atoms with E-state index in [4.69, 9.17) is 14.4 Å². The molecule has 6 heteroatoms. The quantitative estimate of drug-likeness (QED) is 0.167. The van der Waals surface area contributed by atoms with Gasteiger partial charge in [-0.2, -0.15) is 0 Å². The molecule has 0 bridgehead atoms. The third kappa shape index (κ3) is 5.88. The summed E-state index contributed by atoms with van der Waals surface area (Å²) in [6.07, 6.45) is 3.67. The second-order valence-corrected chi connectivity index (χ2v) is 10.7. The summed E-state index contributed by atoms with van der Waals surface area (Å²) in [7, 11) is 0. The molecule has 0 amide bonds. The Morgan fingerprint density at radius 3 is 2.17 bits per heavy atom. The standard InChI is InChI=1S/C30H18N3O.C11H8N.Ir/c1-3-10-20(11-4-1)21-18-26-29(31-19-21)32-30(33(26)22-12-5-2-6-13-22)25-16-9-15-24-23-14-7-8-17-27(23)34-28(24)25;1-2-6-10(7-3-1)11-8-4-5-9-12-11;/h1-15,17-19H;1-6,8-9H;/q2*-1;. The molecule has 0 saturated carbocycles. The Balaban J connectivity index is 0.000000228. The molecule has 0 fully saturated rings. The van der Waals surface area contributed by atoms with Crippen LogP contribution in [-0.2, 0) is 20.1 Å². The molecule has 0 aliphatic rings. The number of pyridine rings is 2. The molecule has 5 aromatic carbocycles. The number of rotatable bonds is 4. The molecule has 0 spiro atoms. The molecule has 1 radical (unpaired) electrons. The van der Waals surface area contributed by atoms with Crippen molar-refractivity contribution >= 4 is 33.1 Å². The Morgan fingerprint density at radius 1 is 0.617 bits per heavy atom. The van der Waals surface area contributed by atoms with Crippen molar-refractivity contribution < 1.29 is 24.5 Å². The van der Waals surface area contributed by atoms with Gasteiger partial charge < -0.3 is 14.0 Å². The van der Waals surface area contributed by atoms with Crippen LogP contribution in [-0.4, -0.2) is 19.5 Å². The summed E-state index contributed by atoms with van der Waals surface area (Å²) in [5.74, 6) is 0.753. The fraction of sp³-hybridized carbons (Fsp3) is 0. The van der Waals surface area contributed by atoms with Gasteiger partial charge in [0, 0.05) is 49.1 Å². The maximum absolute atomic E-state index is 6.31. The number of benzene rings is 5. The smallest absolute Gasteiger partial charge is 0.168 e. The van der Waals surface area contributed by atoms with Crippen LogP contribution in [0.2, 0.25) is 0 Å². The van der Waals surface area contributed by atoms with Crippen molar-refractivity contribution in [1.82, 2.24) is 19.5 Å². The summed E-state index contributed by atoms with van der Waals surface area (Å²) in [6.45, 7) is 0. The molecule has 4 heterocycles. The Hall–Kier alpha value is -5.68. The number of furan rings is 1. The summed E-state index contributed by atoms with van der Waals surface area (Å²) < 4.78 is 8.46. The predicted molar refractivity (Wildman–Crippen MR) is 184 cm³/mol. The van der Waals surface area contributed by atoms with Crippen molar-refractivity contribution in [2.45, 2.75) is 0 Å². The van der Waals surface area contributed by atoms with E-state index in [2.05, 4.69) is 58.1 Å². The number of nitrogens with zero attached hydrogens (tertiary/aromatic N) is 4. The topological polar surface area (TPSA) is 56.7 Å². The van der Waals surface area contributed by atoms with Crippen LogP contribution in [0.3, 0.4) is 0 Å². The SMILES string of the molecule is [Ir].[c-]1ccc2c(oc3ccccc32)c1-c1nc2ncc(-c3ccccc3)cc2n1-c1ccccc1.[c-]1ccccc1-c1ccccn1. The average molecular weight is 783 g/mol. The number of fused-ring (bicyclic) bond motifs is 4. The van der Waals surface area contributed by atoms with Crippen LogP contribution in [0.1, 0.15) is 0 Å². The fourth-order valence-corrected chi connectivity index (χ4v) is 5.69. The molecule has 4 aromatic heterocycles. The van der Waals surface area contributed by atoms with E-state index in [1.54, 1.807) is 6.20 Å². The van der Waals surface area contributed by atoms with Gasteiger partial charge in [-0.1, -0.05) is 89.8 Å².